The van der Waals surface area contributed by atoms with E-state index in [2.05, 4.69) is 12.2 Å². The number of ether oxygens (including phenoxy) is 2. The fraction of sp³-hybridized carbons (Fsp3) is 0.440. The number of carbonyl (C=O) groups is 2. The highest BCUT2D eigenvalue weighted by molar-refractivity contribution is 5.98. The van der Waals surface area contributed by atoms with Crippen LogP contribution in [0.15, 0.2) is 53.8 Å². The van der Waals surface area contributed by atoms with E-state index in [-0.39, 0.29) is 18.6 Å². The third-order valence-electron chi connectivity index (χ3n) is 5.05. The smallest absolute Gasteiger partial charge is 0.306 e. The van der Waals surface area contributed by atoms with Gasteiger partial charge in [0.25, 0.3) is 0 Å². The molecule has 1 aromatic carbocycles. The third kappa shape index (κ3) is 7.90. The molecule has 0 fully saturated rings. The second-order valence-corrected chi connectivity index (χ2v) is 7.45. The molecule has 0 aliphatic heterocycles. The van der Waals surface area contributed by atoms with Crippen LogP contribution in [0.1, 0.15) is 57.4 Å². The maximum Gasteiger partial charge on any atom is 0.306 e. The summed E-state index contributed by atoms with van der Waals surface area (Å²) >= 11 is 0. The van der Waals surface area contributed by atoms with E-state index >= 15 is 0 Å². The zero-order chi connectivity index (χ0) is 21.8. The van der Waals surface area contributed by atoms with Gasteiger partial charge in [-0.25, -0.2) is 0 Å². The summed E-state index contributed by atoms with van der Waals surface area (Å²) in [5, 5.41) is 9.58. The number of hydrogen-bond donors (Lipinski definition) is 1. The van der Waals surface area contributed by atoms with Gasteiger partial charge in [0.15, 0.2) is 5.78 Å². The van der Waals surface area contributed by atoms with E-state index in [1.807, 2.05) is 31.2 Å². The van der Waals surface area contributed by atoms with Crippen LogP contribution in [0, 0.1) is 5.92 Å². The van der Waals surface area contributed by atoms with Crippen molar-refractivity contribution in [3.05, 3.63) is 59.4 Å². The minimum atomic E-state index is -0.844. The van der Waals surface area contributed by atoms with Crippen molar-refractivity contribution in [1.82, 2.24) is 0 Å². The highest BCUT2D eigenvalue weighted by Crippen LogP contribution is 2.25. The number of carbonyl (C=O) groups excluding carboxylic acids is 1. The fourth-order valence-electron chi connectivity index (χ4n) is 3.29. The molecule has 5 heteroatoms. The second-order valence-electron chi connectivity index (χ2n) is 7.45. The number of hydrogen-bond acceptors (Lipinski definition) is 4. The van der Waals surface area contributed by atoms with Crippen molar-refractivity contribution in [1.29, 1.82) is 0 Å². The Bertz CT molecular complexity index is 786. The number of carboxylic acid groups (broad SMARTS) is 1. The molecule has 0 spiro atoms. The Morgan fingerprint density at radius 2 is 2.00 bits per heavy atom. The molecule has 1 aliphatic rings. The topological polar surface area (TPSA) is 72.8 Å². The molecular formula is C25H32O5. The molecule has 0 amide bonds. The van der Waals surface area contributed by atoms with Gasteiger partial charge in [0.2, 0.25) is 0 Å². The number of Topliss-reactive ketones (excluding diaryl/α,β-unsaturated/α-hetero) is 1. The largest absolute Gasteiger partial charge is 0.497 e. The lowest BCUT2D eigenvalue weighted by Crippen LogP contribution is -2.18. The first-order chi connectivity index (χ1) is 14.5. The highest BCUT2D eigenvalue weighted by atomic mass is 16.5. The van der Waals surface area contributed by atoms with E-state index < -0.39 is 11.9 Å². The van der Waals surface area contributed by atoms with E-state index in [1.54, 1.807) is 19.3 Å². The van der Waals surface area contributed by atoms with E-state index in [0.717, 1.165) is 37.0 Å². The van der Waals surface area contributed by atoms with Gasteiger partial charge in [0.1, 0.15) is 11.5 Å². The third-order valence-corrected chi connectivity index (χ3v) is 5.05. The summed E-state index contributed by atoms with van der Waals surface area (Å²) in [5.74, 6) is 0.115. The van der Waals surface area contributed by atoms with E-state index in [9.17, 15) is 14.7 Å². The van der Waals surface area contributed by atoms with Crippen molar-refractivity contribution in [2.75, 3.05) is 13.7 Å². The summed E-state index contributed by atoms with van der Waals surface area (Å²) in [6.07, 6.45) is 12.3. The van der Waals surface area contributed by atoms with Crippen LogP contribution in [0.2, 0.25) is 0 Å². The van der Waals surface area contributed by atoms with Crippen LogP contribution in [0.5, 0.6) is 5.75 Å². The summed E-state index contributed by atoms with van der Waals surface area (Å²) in [5.41, 5.74) is 1.67. The molecule has 30 heavy (non-hydrogen) atoms. The lowest BCUT2D eigenvalue weighted by atomic mass is 9.89. The number of unbranched alkanes of at least 4 members (excludes halogenated alkanes) is 2. The molecule has 1 aromatic rings. The standard InChI is InChI=1S/C25H32O5/c1-3-16-30-23-14-15-24(26)21(18-23)17-20(25(27)28)9-7-5-4-6-8-19-10-12-22(29-2)13-11-19/h6,8,10-14,18,20H,3-5,7,9,15-17H2,1-2H3,(H,27,28)/b8-6+. The van der Waals surface area contributed by atoms with Crippen molar-refractivity contribution in [2.24, 2.45) is 5.92 Å². The first-order valence-electron chi connectivity index (χ1n) is 10.6. The van der Waals surface area contributed by atoms with Crippen molar-refractivity contribution in [3.8, 4) is 5.75 Å². The number of aliphatic carboxylic acids is 1. The Labute approximate surface area is 179 Å². The van der Waals surface area contributed by atoms with Gasteiger partial charge in [0, 0.05) is 6.42 Å². The molecule has 162 valence electrons. The summed E-state index contributed by atoms with van der Waals surface area (Å²) < 4.78 is 10.7. The first-order valence-corrected chi connectivity index (χ1v) is 10.6. The summed E-state index contributed by atoms with van der Waals surface area (Å²) in [6.45, 7) is 2.61. The summed E-state index contributed by atoms with van der Waals surface area (Å²) in [6, 6.07) is 7.84. The van der Waals surface area contributed by atoms with Gasteiger partial charge in [-0.3, -0.25) is 9.59 Å². The second kappa shape index (κ2) is 12.7. The highest BCUT2D eigenvalue weighted by Gasteiger charge is 2.23. The van der Waals surface area contributed by atoms with Gasteiger partial charge >= 0.3 is 5.97 Å². The number of rotatable bonds is 13. The average molecular weight is 413 g/mol. The van der Waals surface area contributed by atoms with Crippen LogP contribution in [-0.4, -0.2) is 30.6 Å². The fourth-order valence-corrected chi connectivity index (χ4v) is 3.29. The lowest BCUT2D eigenvalue weighted by Gasteiger charge is -2.17. The molecule has 1 aliphatic carbocycles. The minimum absolute atomic E-state index is 0.00692. The van der Waals surface area contributed by atoms with Gasteiger partial charge in [-0.2, -0.15) is 0 Å². The van der Waals surface area contributed by atoms with Crippen molar-refractivity contribution in [3.63, 3.8) is 0 Å². The van der Waals surface area contributed by atoms with Crippen LogP contribution in [0.25, 0.3) is 6.08 Å². The van der Waals surface area contributed by atoms with Gasteiger partial charge < -0.3 is 14.6 Å². The van der Waals surface area contributed by atoms with Crippen LogP contribution >= 0.6 is 0 Å². The van der Waals surface area contributed by atoms with Gasteiger partial charge in [-0.05, 0) is 67.5 Å². The quantitative estimate of drug-likeness (QED) is 0.429. The molecule has 1 N–H and O–H groups in total. The minimum Gasteiger partial charge on any atom is -0.497 e. The SMILES string of the molecule is CCCOC1=CCC(=O)C(CC(CCCC/C=C/c2ccc(OC)cc2)C(=O)O)=C1. The zero-order valence-electron chi connectivity index (χ0n) is 17.9. The average Bonchev–Trinajstić information content (AvgIpc) is 2.75. The number of benzene rings is 1. The molecule has 1 atom stereocenters. The number of carboxylic acids is 1. The molecule has 0 bridgehead atoms. The first kappa shape index (κ1) is 23.5. The molecule has 0 radical (unpaired) electrons. The molecule has 0 heterocycles. The lowest BCUT2D eigenvalue weighted by molar-refractivity contribution is -0.142. The van der Waals surface area contributed by atoms with Gasteiger partial charge in [0.05, 0.1) is 19.6 Å². The van der Waals surface area contributed by atoms with Crippen LogP contribution in [0.4, 0.5) is 0 Å². The normalized spacial score (nSPS) is 14.9. The van der Waals surface area contributed by atoms with E-state index in [1.165, 1.54) is 0 Å². The molecule has 0 saturated carbocycles. The molecular weight excluding hydrogens is 380 g/mol. The van der Waals surface area contributed by atoms with E-state index in [0.29, 0.717) is 24.4 Å². The summed E-state index contributed by atoms with van der Waals surface area (Å²) in [7, 11) is 1.64. The summed E-state index contributed by atoms with van der Waals surface area (Å²) in [4.78, 5) is 23.9. The predicted molar refractivity (Wildman–Crippen MR) is 118 cm³/mol. The predicted octanol–water partition coefficient (Wildman–Crippen LogP) is 5.57. The Balaban J connectivity index is 1.79. The maximum absolute atomic E-state index is 12.2. The zero-order valence-corrected chi connectivity index (χ0v) is 17.9. The van der Waals surface area contributed by atoms with Gasteiger partial charge in [-0.1, -0.05) is 37.6 Å². The Morgan fingerprint density at radius 1 is 1.23 bits per heavy atom. The van der Waals surface area contributed by atoms with Crippen molar-refractivity contribution < 1.29 is 24.2 Å². The number of allylic oxidation sites excluding steroid dienone is 4. The maximum atomic E-state index is 12.2. The number of ketones is 1. The Hall–Kier alpha value is -2.82. The Kier molecular flexibility index (Phi) is 9.92. The van der Waals surface area contributed by atoms with Crippen molar-refractivity contribution in [2.45, 2.75) is 51.9 Å². The molecule has 2 rings (SSSR count). The molecule has 0 aromatic heterocycles. The van der Waals surface area contributed by atoms with Crippen LogP contribution < -0.4 is 4.74 Å². The molecule has 5 nitrogen and oxygen atoms in total. The van der Waals surface area contributed by atoms with E-state index in [4.69, 9.17) is 9.47 Å². The van der Waals surface area contributed by atoms with Gasteiger partial charge in [-0.15, -0.1) is 0 Å². The van der Waals surface area contributed by atoms with Crippen LogP contribution in [0.3, 0.4) is 0 Å². The molecule has 0 saturated heterocycles. The Morgan fingerprint density at radius 3 is 2.67 bits per heavy atom. The monoisotopic (exact) mass is 412 g/mol. The number of methoxy groups -OCH3 is 1. The van der Waals surface area contributed by atoms with Crippen LogP contribution in [-0.2, 0) is 14.3 Å². The van der Waals surface area contributed by atoms with Crippen molar-refractivity contribution >= 4 is 17.8 Å². The molecule has 1 unspecified atom stereocenters.